The van der Waals surface area contributed by atoms with Crippen molar-refractivity contribution in [2.24, 2.45) is 0 Å². The van der Waals surface area contributed by atoms with Gasteiger partial charge < -0.3 is 15.2 Å². The monoisotopic (exact) mass is 353 g/mol. The Morgan fingerprint density at radius 1 is 1.29 bits per heavy atom. The first kappa shape index (κ1) is 20.4. The molecule has 0 unspecified atom stereocenters. The SMILES string of the molecule is CCC(C)(C)c1ccc(OCC(=O)N[C@@H](CCSC)C(=O)O)cc1. The Balaban J connectivity index is 2.53. The number of hydrogen-bond donors (Lipinski definition) is 2. The Morgan fingerprint density at radius 2 is 1.92 bits per heavy atom. The fourth-order valence-corrected chi connectivity index (χ4v) is 2.56. The van der Waals surface area contributed by atoms with Gasteiger partial charge in [0.05, 0.1) is 0 Å². The number of aliphatic carboxylic acids is 1. The number of rotatable bonds is 10. The van der Waals surface area contributed by atoms with Crippen LogP contribution >= 0.6 is 11.8 Å². The van der Waals surface area contributed by atoms with E-state index < -0.39 is 17.9 Å². The van der Waals surface area contributed by atoms with E-state index in [9.17, 15) is 9.59 Å². The lowest BCUT2D eigenvalue weighted by molar-refractivity contribution is -0.142. The molecule has 0 saturated carbocycles. The number of ether oxygens (including phenoxy) is 1. The van der Waals surface area contributed by atoms with E-state index in [-0.39, 0.29) is 12.0 Å². The maximum Gasteiger partial charge on any atom is 0.326 e. The molecule has 6 heteroatoms. The fraction of sp³-hybridized carbons (Fsp3) is 0.556. The average Bonchev–Trinajstić information content (AvgIpc) is 2.56. The van der Waals surface area contributed by atoms with Gasteiger partial charge in [0.1, 0.15) is 11.8 Å². The van der Waals surface area contributed by atoms with Gasteiger partial charge in [0.2, 0.25) is 0 Å². The molecule has 0 saturated heterocycles. The molecule has 0 fully saturated rings. The molecule has 2 N–H and O–H groups in total. The predicted molar refractivity (Wildman–Crippen MR) is 97.8 cm³/mol. The highest BCUT2D eigenvalue weighted by molar-refractivity contribution is 7.98. The summed E-state index contributed by atoms with van der Waals surface area (Å²) in [5, 5.41) is 11.6. The molecular formula is C18H27NO4S. The Bertz CT molecular complexity index is 542. The molecule has 0 spiro atoms. The van der Waals surface area contributed by atoms with E-state index >= 15 is 0 Å². The van der Waals surface area contributed by atoms with Crippen LogP contribution in [0.1, 0.15) is 39.2 Å². The van der Waals surface area contributed by atoms with Gasteiger partial charge in [0, 0.05) is 0 Å². The second-order valence-corrected chi connectivity index (χ2v) is 7.28. The predicted octanol–water partition coefficient (Wildman–Crippen LogP) is 3.08. The molecule has 5 nitrogen and oxygen atoms in total. The van der Waals surface area contributed by atoms with E-state index in [2.05, 4.69) is 26.1 Å². The van der Waals surface area contributed by atoms with E-state index in [0.29, 0.717) is 17.9 Å². The maximum atomic E-state index is 11.9. The van der Waals surface area contributed by atoms with Gasteiger partial charge >= 0.3 is 5.97 Å². The molecule has 24 heavy (non-hydrogen) atoms. The van der Waals surface area contributed by atoms with Crippen molar-refractivity contribution >= 4 is 23.6 Å². The second-order valence-electron chi connectivity index (χ2n) is 6.29. The van der Waals surface area contributed by atoms with Crippen LogP contribution in [0.25, 0.3) is 0 Å². The minimum absolute atomic E-state index is 0.0991. The lowest BCUT2D eigenvalue weighted by atomic mass is 9.82. The van der Waals surface area contributed by atoms with Gasteiger partial charge in [0.25, 0.3) is 5.91 Å². The summed E-state index contributed by atoms with van der Waals surface area (Å²) in [5.41, 5.74) is 1.31. The summed E-state index contributed by atoms with van der Waals surface area (Å²) in [4.78, 5) is 23.0. The maximum absolute atomic E-state index is 11.9. The Hall–Kier alpha value is -1.69. The molecule has 1 atom stereocenters. The van der Waals surface area contributed by atoms with Crippen LogP contribution in [-0.2, 0) is 15.0 Å². The fourth-order valence-electron chi connectivity index (χ4n) is 2.08. The van der Waals surface area contributed by atoms with Gasteiger partial charge in [0.15, 0.2) is 6.61 Å². The summed E-state index contributed by atoms with van der Waals surface area (Å²) in [5.74, 6) is -0.186. The smallest absolute Gasteiger partial charge is 0.326 e. The number of hydrogen-bond acceptors (Lipinski definition) is 4. The van der Waals surface area contributed by atoms with E-state index in [4.69, 9.17) is 9.84 Å². The highest BCUT2D eigenvalue weighted by atomic mass is 32.2. The molecular weight excluding hydrogens is 326 g/mol. The zero-order chi connectivity index (χ0) is 18.2. The van der Waals surface area contributed by atoms with Gasteiger partial charge in [-0.1, -0.05) is 32.9 Å². The normalized spacial score (nSPS) is 12.5. The second kappa shape index (κ2) is 9.57. The van der Waals surface area contributed by atoms with Crippen LogP contribution in [0.4, 0.5) is 0 Å². The number of thioether (sulfide) groups is 1. The number of benzene rings is 1. The van der Waals surface area contributed by atoms with Crippen LogP contribution in [0.2, 0.25) is 0 Å². The Labute approximate surface area is 148 Å². The van der Waals surface area contributed by atoms with Crippen LogP contribution in [0.15, 0.2) is 24.3 Å². The van der Waals surface area contributed by atoms with Crippen molar-refractivity contribution in [3.63, 3.8) is 0 Å². The van der Waals surface area contributed by atoms with Crippen molar-refractivity contribution in [2.75, 3.05) is 18.6 Å². The standard InChI is InChI=1S/C18H27NO4S/c1-5-18(2,3)13-6-8-14(9-7-13)23-12-16(20)19-15(17(21)22)10-11-24-4/h6-9,15H,5,10-12H2,1-4H3,(H,19,20)(H,21,22)/t15-/m0/s1. The molecule has 1 aromatic rings. The summed E-state index contributed by atoms with van der Waals surface area (Å²) in [6, 6.07) is 6.79. The van der Waals surface area contributed by atoms with E-state index in [1.54, 1.807) is 11.8 Å². The number of amides is 1. The molecule has 1 rings (SSSR count). The first-order chi connectivity index (χ1) is 11.3. The summed E-state index contributed by atoms with van der Waals surface area (Å²) in [6.07, 6.45) is 3.32. The van der Waals surface area contributed by atoms with Crippen molar-refractivity contribution in [3.8, 4) is 5.75 Å². The lowest BCUT2D eigenvalue weighted by Crippen LogP contribution is -2.43. The Kier molecular flexibility index (Phi) is 8.11. The number of nitrogens with one attached hydrogen (secondary N) is 1. The van der Waals surface area contributed by atoms with Crippen LogP contribution in [-0.4, -0.2) is 41.6 Å². The molecule has 0 aliphatic heterocycles. The molecule has 0 radical (unpaired) electrons. The minimum Gasteiger partial charge on any atom is -0.484 e. The van der Waals surface area contributed by atoms with Gasteiger partial charge in [-0.2, -0.15) is 11.8 Å². The van der Waals surface area contributed by atoms with E-state index in [1.165, 1.54) is 5.56 Å². The molecule has 1 amide bonds. The zero-order valence-corrected chi connectivity index (χ0v) is 15.6. The molecule has 134 valence electrons. The molecule has 0 aliphatic carbocycles. The van der Waals surface area contributed by atoms with Crippen LogP contribution in [0.5, 0.6) is 5.75 Å². The highest BCUT2D eigenvalue weighted by Crippen LogP contribution is 2.27. The number of carboxylic acid groups (broad SMARTS) is 1. The largest absolute Gasteiger partial charge is 0.484 e. The quantitative estimate of drug-likeness (QED) is 0.676. The molecule has 1 aromatic carbocycles. The van der Waals surface area contributed by atoms with Crippen LogP contribution in [0, 0.1) is 0 Å². The summed E-state index contributed by atoms with van der Waals surface area (Å²) in [7, 11) is 0. The number of carboxylic acids is 1. The summed E-state index contributed by atoms with van der Waals surface area (Å²) >= 11 is 1.54. The first-order valence-corrected chi connectivity index (χ1v) is 9.44. The third-order valence-electron chi connectivity index (χ3n) is 4.13. The molecule has 0 aromatic heterocycles. The lowest BCUT2D eigenvalue weighted by Gasteiger charge is -2.23. The van der Waals surface area contributed by atoms with Gasteiger partial charge in [-0.15, -0.1) is 0 Å². The number of carbonyl (C=O) groups excluding carboxylic acids is 1. The van der Waals surface area contributed by atoms with E-state index in [0.717, 1.165) is 6.42 Å². The molecule has 0 heterocycles. The number of carbonyl (C=O) groups is 2. The van der Waals surface area contributed by atoms with Crippen molar-refractivity contribution < 1.29 is 19.4 Å². The van der Waals surface area contributed by atoms with E-state index in [1.807, 2.05) is 30.5 Å². The van der Waals surface area contributed by atoms with Crippen LogP contribution in [0.3, 0.4) is 0 Å². The molecule has 0 aliphatic rings. The van der Waals surface area contributed by atoms with Crippen molar-refractivity contribution in [1.82, 2.24) is 5.32 Å². The topological polar surface area (TPSA) is 75.6 Å². The summed E-state index contributed by atoms with van der Waals surface area (Å²) in [6.45, 7) is 6.30. The third kappa shape index (κ3) is 6.43. The minimum atomic E-state index is -1.02. The van der Waals surface area contributed by atoms with Gasteiger partial charge in [-0.05, 0) is 48.0 Å². The highest BCUT2D eigenvalue weighted by Gasteiger charge is 2.20. The summed E-state index contributed by atoms with van der Waals surface area (Å²) < 4.78 is 5.44. The van der Waals surface area contributed by atoms with Gasteiger partial charge in [-0.25, -0.2) is 4.79 Å². The van der Waals surface area contributed by atoms with Gasteiger partial charge in [-0.3, -0.25) is 4.79 Å². The van der Waals surface area contributed by atoms with Crippen molar-refractivity contribution in [2.45, 2.75) is 45.1 Å². The zero-order valence-electron chi connectivity index (χ0n) is 14.8. The average molecular weight is 353 g/mol. The van der Waals surface area contributed by atoms with Crippen molar-refractivity contribution in [1.29, 1.82) is 0 Å². The Morgan fingerprint density at radius 3 is 2.42 bits per heavy atom. The van der Waals surface area contributed by atoms with Crippen LogP contribution < -0.4 is 10.1 Å². The van der Waals surface area contributed by atoms with Crippen molar-refractivity contribution in [3.05, 3.63) is 29.8 Å². The molecule has 0 bridgehead atoms. The third-order valence-corrected chi connectivity index (χ3v) is 4.78. The first-order valence-electron chi connectivity index (χ1n) is 8.04.